The first kappa shape index (κ1) is 12.9. The number of aliphatic hydroxyl groups excluding tert-OH is 1. The van der Waals surface area contributed by atoms with Crippen LogP contribution in [0.5, 0.6) is 5.75 Å². The molecule has 0 saturated heterocycles. The van der Waals surface area contributed by atoms with Gasteiger partial charge in [-0.1, -0.05) is 0 Å². The Morgan fingerprint density at radius 3 is 2.62 bits per heavy atom. The van der Waals surface area contributed by atoms with Gasteiger partial charge in [0.1, 0.15) is 11.9 Å². The Morgan fingerprint density at radius 1 is 1.38 bits per heavy atom. The third-order valence-corrected chi connectivity index (χ3v) is 2.03. The number of rotatable bonds is 4. The zero-order valence-electron chi connectivity index (χ0n) is 10.2. The highest BCUT2D eigenvalue weighted by molar-refractivity contribution is 5.24. The van der Waals surface area contributed by atoms with Crippen molar-refractivity contribution in [2.45, 2.75) is 32.5 Å². The van der Waals surface area contributed by atoms with Crippen LogP contribution >= 0.6 is 0 Å². The Labute approximate surface area is 96.2 Å². The number of hydrogen-bond donors (Lipinski definition) is 1. The van der Waals surface area contributed by atoms with Crippen LogP contribution in [0.3, 0.4) is 0 Å². The summed E-state index contributed by atoms with van der Waals surface area (Å²) < 4.78 is 10.5. The molecular formula is C12H19NO3. The summed E-state index contributed by atoms with van der Waals surface area (Å²) in [5, 5.41) is 9.88. The molecule has 0 bridgehead atoms. The summed E-state index contributed by atoms with van der Waals surface area (Å²) >= 11 is 0. The van der Waals surface area contributed by atoms with E-state index in [2.05, 4.69) is 4.98 Å². The van der Waals surface area contributed by atoms with Crippen LogP contribution in [0.4, 0.5) is 0 Å². The minimum atomic E-state index is -0.679. The summed E-state index contributed by atoms with van der Waals surface area (Å²) in [6.07, 6.45) is 2.53. The first-order chi connectivity index (χ1) is 7.42. The molecule has 1 atom stereocenters. The zero-order valence-corrected chi connectivity index (χ0v) is 10.2. The fourth-order valence-corrected chi connectivity index (χ4v) is 1.15. The van der Waals surface area contributed by atoms with Gasteiger partial charge in [0, 0.05) is 11.8 Å². The maximum Gasteiger partial charge on any atom is 0.137 e. The van der Waals surface area contributed by atoms with Crippen molar-refractivity contribution >= 4 is 0 Å². The van der Waals surface area contributed by atoms with Gasteiger partial charge in [-0.15, -0.1) is 0 Å². The Morgan fingerprint density at radius 2 is 2.06 bits per heavy atom. The average molecular weight is 225 g/mol. The van der Waals surface area contributed by atoms with E-state index in [9.17, 15) is 5.11 Å². The lowest BCUT2D eigenvalue weighted by atomic mass is 10.1. The second kappa shape index (κ2) is 5.27. The molecule has 0 radical (unpaired) electrons. The largest absolute Gasteiger partial charge is 0.495 e. The minimum absolute atomic E-state index is 0.248. The maximum absolute atomic E-state index is 9.88. The van der Waals surface area contributed by atoms with Gasteiger partial charge in [0.25, 0.3) is 0 Å². The summed E-state index contributed by atoms with van der Waals surface area (Å²) in [5.41, 5.74) is 0.441. The van der Waals surface area contributed by atoms with Crippen molar-refractivity contribution in [1.29, 1.82) is 0 Å². The fraction of sp³-hybridized carbons (Fsp3) is 0.583. The van der Waals surface area contributed by atoms with Crippen molar-refractivity contribution in [3.8, 4) is 5.75 Å². The number of nitrogens with zero attached hydrogens (tertiary/aromatic N) is 1. The predicted octanol–water partition coefficient (Wildman–Crippen LogP) is 1.94. The van der Waals surface area contributed by atoms with E-state index in [1.54, 1.807) is 25.6 Å². The second-order valence-corrected chi connectivity index (χ2v) is 4.60. The van der Waals surface area contributed by atoms with E-state index >= 15 is 0 Å². The molecule has 90 valence electrons. The molecule has 0 saturated carbocycles. The van der Waals surface area contributed by atoms with Crippen LogP contribution in [-0.4, -0.2) is 29.4 Å². The number of pyridine rings is 1. The molecule has 4 nitrogen and oxygen atoms in total. The van der Waals surface area contributed by atoms with Gasteiger partial charge >= 0.3 is 0 Å². The molecule has 0 fully saturated rings. The summed E-state index contributed by atoms with van der Waals surface area (Å²) in [5.74, 6) is 0.632. The molecule has 1 aromatic heterocycles. The summed E-state index contributed by atoms with van der Waals surface area (Å²) in [6.45, 7) is 6.09. The van der Waals surface area contributed by atoms with Crippen LogP contribution in [0.15, 0.2) is 18.5 Å². The molecule has 16 heavy (non-hydrogen) atoms. The van der Waals surface area contributed by atoms with Crippen molar-refractivity contribution in [1.82, 2.24) is 4.98 Å². The molecule has 0 aliphatic heterocycles. The monoisotopic (exact) mass is 225 g/mol. The smallest absolute Gasteiger partial charge is 0.137 e. The molecule has 4 heteroatoms. The maximum atomic E-state index is 9.88. The summed E-state index contributed by atoms with van der Waals surface area (Å²) in [4.78, 5) is 3.98. The van der Waals surface area contributed by atoms with Gasteiger partial charge in [-0.2, -0.15) is 0 Å². The molecule has 1 aromatic rings. The molecule has 0 amide bonds. The van der Waals surface area contributed by atoms with Crippen LogP contribution in [-0.2, 0) is 4.74 Å². The van der Waals surface area contributed by atoms with Crippen molar-refractivity contribution in [2.75, 3.05) is 13.7 Å². The van der Waals surface area contributed by atoms with Crippen LogP contribution in [0.1, 0.15) is 32.4 Å². The standard InChI is InChI=1S/C12H19NO3/c1-12(2,3)16-8-11(14)9-5-10(15-4)7-13-6-9/h5-7,11,14H,8H2,1-4H3. The van der Waals surface area contributed by atoms with Gasteiger partial charge in [-0.25, -0.2) is 0 Å². The second-order valence-electron chi connectivity index (χ2n) is 4.60. The molecule has 0 aromatic carbocycles. The molecular weight excluding hydrogens is 206 g/mol. The van der Waals surface area contributed by atoms with Crippen molar-refractivity contribution in [3.05, 3.63) is 24.0 Å². The Balaban J connectivity index is 2.62. The van der Waals surface area contributed by atoms with Gasteiger partial charge in [0.2, 0.25) is 0 Å². The van der Waals surface area contributed by atoms with Crippen molar-refractivity contribution in [3.63, 3.8) is 0 Å². The third kappa shape index (κ3) is 4.16. The molecule has 0 spiro atoms. The molecule has 1 heterocycles. The third-order valence-electron chi connectivity index (χ3n) is 2.03. The molecule has 0 aliphatic rings. The quantitative estimate of drug-likeness (QED) is 0.850. The van der Waals surface area contributed by atoms with Crippen LogP contribution in [0, 0.1) is 0 Å². The first-order valence-electron chi connectivity index (χ1n) is 5.23. The Hall–Kier alpha value is -1.13. The van der Waals surface area contributed by atoms with Gasteiger partial charge in [0.15, 0.2) is 0 Å². The fourth-order valence-electron chi connectivity index (χ4n) is 1.15. The normalized spacial score (nSPS) is 13.6. The summed E-state index contributed by atoms with van der Waals surface area (Å²) in [7, 11) is 1.57. The molecule has 1 N–H and O–H groups in total. The molecule has 1 rings (SSSR count). The average Bonchev–Trinajstić information content (AvgIpc) is 2.25. The van der Waals surface area contributed by atoms with Crippen LogP contribution in [0.2, 0.25) is 0 Å². The predicted molar refractivity (Wildman–Crippen MR) is 61.5 cm³/mol. The van der Waals surface area contributed by atoms with Crippen molar-refractivity contribution < 1.29 is 14.6 Å². The van der Waals surface area contributed by atoms with Crippen LogP contribution < -0.4 is 4.74 Å². The highest BCUT2D eigenvalue weighted by Crippen LogP contribution is 2.19. The topological polar surface area (TPSA) is 51.6 Å². The number of methoxy groups -OCH3 is 1. The highest BCUT2D eigenvalue weighted by Gasteiger charge is 2.15. The lowest BCUT2D eigenvalue weighted by Crippen LogP contribution is -2.22. The van der Waals surface area contributed by atoms with Gasteiger partial charge < -0.3 is 14.6 Å². The molecule has 0 aliphatic carbocycles. The van der Waals surface area contributed by atoms with E-state index in [1.807, 2.05) is 20.8 Å². The van der Waals surface area contributed by atoms with E-state index in [1.165, 1.54) is 0 Å². The van der Waals surface area contributed by atoms with E-state index in [-0.39, 0.29) is 12.2 Å². The lowest BCUT2D eigenvalue weighted by Gasteiger charge is -2.22. The lowest BCUT2D eigenvalue weighted by molar-refractivity contribution is -0.0497. The minimum Gasteiger partial charge on any atom is -0.495 e. The number of hydrogen-bond acceptors (Lipinski definition) is 4. The van der Waals surface area contributed by atoms with E-state index in [0.717, 1.165) is 0 Å². The highest BCUT2D eigenvalue weighted by atomic mass is 16.5. The number of aliphatic hydroxyl groups is 1. The van der Waals surface area contributed by atoms with E-state index in [0.29, 0.717) is 11.3 Å². The number of aromatic nitrogens is 1. The zero-order chi connectivity index (χ0) is 12.2. The van der Waals surface area contributed by atoms with E-state index < -0.39 is 6.10 Å². The van der Waals surface area contributed by atoms with Crippen LogP contribution in [0.25, 0.3) is 0 Å². The molecule has 1 unspecified atom stereocenters. The first-order valence-corrected chi connectivity index (χ1v) is 5.23. The van der Waals surface area contributed by atoms with E-state index in [4.69, 9.17) is 9.47 Å². The van der Waals surface area contributed by atoms with Crippen molar-refractivity contribution in [2.24, 2.45) is 0 Å². The van der Waals surface area contributed by atoms with Gasteiger partial charge in [-0.05, 0) is 26.8 Å². The Bertz CT molecular complexity index is 333. The van der Waals surface area contributed by atoms with Gasteiger partial charge in [0.05, 0.1) is 25.5 Å². The Kier molecular flexibility index (Phi) is 4.26. The SMILES string of the molecule is COc1cncc(C(O)COC(C)(C)C)c1. The van der Waals surface area contributed by atoms with Gasteiger partial charge in [-0.3, -0.25) is 4.98 Å². The number of ether oxygens (including phenoxy) is 2. The summed E-state index contributed by atoms with van der Waals surface area (Å²) in [6, 6.07) is 1.75.